The van der Waals surface area contributed by atoms with E-state index < -0.39 is 0 Å². The number of rotatable bonds is 6. The van der Waals surface area contributed by atoms with Crippen LogP contribution in [0.15, 0.2) is 47.8 Å². The normalized spacial score (nSPS) is 14.7. The Balaban J connectivity index is 1.45. The van der Waals surface area contributed by atoms with E-state index in [0.717, 1.165) is 61.1 Å². The molecular weight excluding hydrogens is 348 g/mol. The summed E-state index contributed by atoms with van der Waals surface area (Å²) in [6.45, 7) is 6.20. The van der Waals surface area contributed by atoms with Gasteiger partial charge in [0, 0.05) is 31.6 Å². The van der Waals surface area contributed by atoms with E-state index >= 15 is 0 Å². The van der Waals surface area contributed by atoms with Crippen LogP contribution in [0.5, 0.6) is 0 Å². The fourth-order valence-corrected chi connectivity index (χ4v) is 3.86. The third-order valence-electron chi connectivity index (χ3n) is 4.32. The van der Waals surface area contributed by atoms with Crippen molar-refractivity contribution < 1.29 is 4.74 Å². The highest BCUT2D eigenvalue weighted by Gasteiger charge is 2.19. The summed E-state index contributed by atoms with van der Waals surface area (Å²) in [7, 11) is 0. The second kappa shape index (κ2) is 7.92. The Morgan fingerprint density at radius 1 is 1.08 bits per heavy atom. The van der Waals surface area contributed by atoms with Crippen LogP contribution in [0.25, 0.3) is 5.69 Å². The third-order valence-corrected chi connectivity index (χ3v) is 5.32. The Kier molecular flexibility index (Phi) is 5.21. The van der Waals surface area contributed by atoms with Crippen molar-refractivity contribution in [3.8, 4) is 5.69 Å². The molecule has 0 amide bonds. The molecule has 0 atom stereocenters. The number of hydrogen-bond acceptors (Lipinski definition) is 6. The van der Waals surface area contributed by atoms with Gasteiger partial charge in [-0.3, -0.25) is 4.57 Å². The first kappa shape index (κ1) is 17.1. The number of hydrogen-bond donors (Lipinski definition) is 0. The summed E-state index contributed by atoms with van der Waals surface area (Å²) in [6, 6.07) is 12.2. The summed E-state index contributed by atoms with van der Waals surface area (Å²) in [4.78, 5) is 2.24. The number of thioether (sulfide) groups is 1. The average Bonchev–Trinajstić information content (AvgIpc) is 3.34. The van der Waals surface area contributed by atoms with Gasteiger partial charge in [0.2, 0.25) is 5.95 Å². The van der Waals surface area contributed by atoms with Crippen molar-refractivity contribution in [2.75, 3.05) is 31.2 Å². The minimum Gasteiger partial charge on any atom is -0.378 e. The van der Waals surface area contributed by atoms with Gasteiger partial charge in [-0.2, -0.15) is 5.10 Å². The lowest BCUT2D eigenvalue weighted by Crippen LogP contribution is -2.38. The van der Waals surface area contributed by atoms with Crippen molar-refractivity contribution in [2.45, 2.75) is 24.4 Å². The highest BCUT2D eigenvalue weighted by atomic mass is 32.2. The lowest BCUT2D eigenvalue weighted by atomic mass is 10.3. The number of ether oxygens (including phenoxy) is 1. The molecule has 1 aromatic carbocycles. The predicted octanol–water partition coefficient (Wildman–Crippen LogP) is 2.61. The van der Waals surface area contributed by atoms with E-state index in [1.807, 2.05) is 41.2 Å². The van der Waals surface area contributed by atoms with Gasteiger partial charge in [0.1, 0.15) is 0 Å². The van der Waals surface area contributed by atoms with Gasteiger partial charge in [0.05, 0.1) is 24.6 Å². The maximum atomic E-state index is 5.43. The van der Waals surface area contributed by atoms with Gasteiger partial charge in [0.25, 0.3) is 0 Å². The van der Waals surface area contributed by atoms with Crippen molar-refractivity contribution in [3.63, 3.8) is 0 Å². The van der Waals surface area contributed by atoms with Crippen molar-refractivity contribution in [2.24, 2.45) is 0 Å². The topological polar surface area (TPSA) is 61.0 Å². The standard InChI is InChI=1S/C18H22N6OS/c1-2-23-17(22-10-12-25-13-11-22)19-20-18(23)26-14-15-8-9-24(21-15)16-6-4-3-5-7-16/h3-9H,2,10-14H2,1H3. The molecule has 0 aliphatic carbocycles. The number of anilines is 1. The molecule has 8 heteroatoms. The fourth-order valence-electron chi connectivity index (χ4n) is 2.96. The Labute approximate surface area is 157 Å². The van der Waals surface area contributed by atoms with Crippen LogP contribution in [0.2, 0.25) is 0 Å². The first-order chi connectivity index (χ1) is 12.8. The summed E-state index contributed by atoms with van der Waals surface area (Å²) in [5.74, 6) is 1.70. The van der Waals surface area contributed by atoms with Gasteiger partial charge < -0.3 is 9.64 Å². The number of para-hydroxylation sites is 1. The van der Waals surface area contributed by atoms with E-state index in [2.05, 4.69) is 37.8 Å². The molecule has 0 unspecified atom stereocenters. The molecule has 1 aliphatic rings. The summed E-state index contributed by atoms with van der Waals surface area (Å²) in [5, 5.41) is 14.4. The molecule has 26 heavy (non-hydrogen) atoms. The van der Waals surface area contributed by atoms with Gasteiger partial charge in [-0.15, -0.1) is 10.2 Å². The lowest BCUT2D eigenvalue weighted by Gasteiger charge is -2.27. The number of morpholine rings is 1. The van der Waals surface area contributed by atoms with E-state index in [0.29, 0.717) is 0 Å². The molecule has 7 nitrogen and oxygen atoms in total. The van der Waals surface area contributed by atoms with Gasteiger partial charge >= 0.3 is 0 Å². The van der Waals surface area contributed by atoms with Crippen molar-refractivity contribution in [1.82, 2.24) is 24.5 Å². The van der Waals surface area contributed by atoms with Gasteiger partial charge in [-0.1, -0.05) is 30.0 Å². The van der Waals surface area contributed by atoms with Crippen LogP contribution in [-0.2, 0) is 17.0 Å². The smallest absolute Gasteiger partial charge is 0.228 e. The van der Waals surface area contributed by atoms with Crippen molar-refractivity contribution >= 4 is 17.7 Å². The number of aromatic nitrogens is 5. The van der Waals surface area contributed by atoms with Crippen molar-refractivity contribution in [1.29, 1.82) is 0 Å². The molecule has 0 bridgehead atoms. The monoisotopic (exact) mass is 370 g/mol. The van der Waals surface area contributed by atoms with Crippen LogP contribution in [0, 0.1) is 0 Å². The quantitative estimate of drug-likeness (QED) is 0.622. The maximum Gasteiger partial charge on any atom is 0.228 e. The molecule has 2 aromatic heterocycles. The van der Waals surface area contributed by atoms with E-state index in [1.165, 1.54) is 0 Å². The molecule has 0 saturated carbocycles. The van der Waals surface area contributed by atoms with Gasteiger partial charge in [-0.05, 0) is 25.1 Å². The SMILES string of the molecule is CCn1c(SCc2ccn(-c3ccccc3)n2)nnc1N1CCOCC1. The molecule has 0 radical (unpaired) electrons. The summed E-state index contributed by atoms with van der Waals surface area (Å²) >= 11 is 1.67. The average molecular weight is 370 g/mol. The molecule has 3 aromatic rings. The Bertz CT molecular complexity index is 841. The van der Waals surface area contributed by atoms with Crippen molar-refractivity contribution in [3.05, 3.63) is 48.3 Å². The minimum absolute atomic E-state index is 0.746. The second-order valence-electron chi connectivity index (χ2n) is 6.00. The molecule has 1 saturated heterocycles. The van der Waals surface area contributed by atoms with E-state index in [1.54, 1.807) is 11.8 Å². The van der Waals surface area contributed by atoms with Crippen LogP contribution >= 0.6 is 11.8 Å². The molecule has 0 N–H and O–H groups in total. The van der Waals surface area contributed by atoms with Crippen LogP contribution in [-0.4, -0.2) is 50.8 Å². The zero-order valence-corrected chi connectivity index (χ0v) is 15.6. The van der Waals surface area contributed by atoms with E-state index in [9.17, 15) is 0 Å². The minimum atomic E-state index is 0.746. The molecule has 0 spiro atoms. The Morgan fingerprint density at radius 3 is 2.65 bits per heavy atom. The van der Waals surface area contributed by atoms with E-state index in [-0.39, 0.29) is 0 Å². The van der Waals surface area contributed by atoms with E-state index in [4.69, 9.17) is 4.74 Å². The largest absolute Gasteiger partial charge is 0.378 e. The second-order valence-corrected chi connectivity index (χ2v) is 6.94. The zero-order chi connectivity index (χ0) is 17.8. The predicted molar refractivity (Wildman–Crippen MR) is 102 cm³/mol. The summed E-state index contributed by atoms with van der Waals surface area (Å²) < 4.78 is 9.50. The Morgan fingerprint density at radius 2 is 1.88 bits per heavy atom. The molecule has 1 aliphatic heterocycles. The molecule has 1 fully saturated rings. The zero-order valence-electron chi connectivity index (χ0n) is 14.8. The van der Waals surface area contributed by atoms with Crippen LogP contribution in [0.4, 0.5) is 5.95 Å². The molecule has 4 rings (SSSR count). The number of nitrogens with zero attached hydrogens (tertiary/aromatic N) is 6. The highest BCUT2D eigenvalue weighted by Crippen LogP contribution is 2.25. The van der Waals surface area contributed by atoms with Crippen LogP contribution in [0.1, 0.15) is 12.6 Å². The summed E-state index contributed by atoms with van der Waals surface area (Å²) in [5.41, 5.74) is 2.09. The highest BCUT2D eigenvalue weighted by molar-refractivity contribution is 7.98. The molecule has 3 heterocycles. The first-order valence-corrected chi connectivity index (χ1v) is 9.82. The third kappa shape index (κ3) is 3.61. The van der Waals surface area contributed by atoms with Crippen LogP contribution < -0.4 is 4.90 Å². The Hall–Kier alpha value is -2.32. The van der Waals surface area contributed by atoms with Crippen LogP contribution in [0.3, 0.4) is 0 Å². The van der Waals surface area contributed by atoms with Gasteiger partial charge in [-0.25, -0.2) is 4.68 Å². The van der Waals surface area contributed by atoms with Gasteiger partial charge in [0.15, 0.2) is 5.16 Å². The molecular formula is C18H22N6OS. The lowest BCUT2D eigenvalue weighted by molar-refractivity contribution is 0.121. The summed E-state index contributed by atoms with van der Waals surface area (Å²) in [6.07, 6.45) is 1.99. The number of benzene rings is 1. The fraction of sp³-hybridized carbons (Fsp3) is 0.389. The maximum absolute atomic E-state index is 5.43. The molecule has 136 valence electrons. The first-order valence-electron chi connectivity index (χ1n) is 8.84.